The van der Waals surface area contributed by atoms with Crippen LogP contribution in [0.1, 0.15) is 12.2 Å². The molecule has 4 heterocycles. The van der Waals surface area contributed by atoms with E-state index in [0.717, 1.165) is 6.42 Å². The van der Waals surface area contributed by atoms with E-state index in [0.29, 0.717) is 73.5 Å². The average molecular weight is 463 g/mol. The summed E-state index contributed by atoms with van der Waals surface area (Å²) in [5.74, 6) is 1.64. The molecule has 0 radical (unpaired) electrons. The highest BCUT2D eigenvalue weighted by molar-refractivity contribution is 7.89. The molecule has 0 unspecified atom stereocenters. The highest BCUT2D eigenvalue weighted by Gasteiger charge is 2.30. The molecule has 1 fully saturated rings. The molecule has 2 aliphatic rings. The Labute approximate surface area is 183 Å². The molecular weight excluding hydrogens is 440 g/mol. The Kier molecular flexibility index (Phi) is 5.42. The number of fused-ring (bicyclic) bond motifs is 2. The number of piperazine rings is 1. The number of benzene rings is 1. The summed E-state index contributed by atoms with van der Waals surface area (Å²) in [7, 11) is -3.63. The molecule has 1 aromatic carbocycles. The summed E-state index contributed by atoms with van der Waals surface area (Å²) in [4.78, 5) is 21.8. The van der Waals surface area contributed by atoms with Crippen LogP contribution in [-0.4, -0.2) is 67.0 Å². The molecule has 0 atom stereocenters. The summed E-state index contributed by atoms with van der Waals surface area (Å²) < 4.78 is 39.6. The quantitative estimate of drug-likeness (QED) is 0.629. The first-order chi connectivity index (χ1) is 15.0. The fourth-order valence-corrected chi connectivity index (χ4v) is 5.95. The van der Waals surface area contributed by atoms with E-state index in [4.69, 9.17) is 9.47 Å². The van der Waals surface area contributed by atoms with Gasteiger partial charge < -0.3 is 14.5 Å². The van der Waals surface area contributed by atoms with Gasteiger partial charge in [0, 0.05) is 38.7 Å². The number of H-pyrrole nitrogens is 1. The number of aromatic nitrogens is 2. The first-order valence-corrected chi connectivity index (χ1v) is 12.4. The van der Waals surface area contributed by atoms with E-state index in [9.17, 15) is 13.2 Å². The second-order valence-electron chi connectivity index (χ2n) is 7.49. The van der Waals surface area contributed by atoms with Crippen molar-refractivity contribution in [3.8, 4) is 11.5 Å². The Morgan fingerprint density at radius 2 is 1.84 bits per heavy atom. The first kappa shape index (κ1) is 20.4. The summed E-state index contributed by atoms with van der Waals surface area (Å²) >= 11 is 1.37. The lowest BCUT2D eigenvalue weighted by atomic mass is 10.3. The third-order valence-electron chi connectivity index (χ3n) is 5.43. The van der Waals surface area contributed by atoms with Crippen LogP contribution < -0.4 is 15.0 Å². The highest BCUT2D eigenvalue weighted by atomic mass is 32.2. The van der Waals surface area contributed by atoms with E-state index in [-0.39, 0.29) is 10.5 Å². The number of sulfonamides is 1. The lowest BCUT2D eigenvalue weighted by Gasteiger charge is -2.33. The molecule has 3 aromatic rings. The number of ether oxygens (including phenoxy) is 2. The van der Waals surface area contributed by atoms with Crippen molar-refractivity contribution in [2.45, 2.75) is 17.9 Å². The molecule has 11 heteroatoms. The number of rotatable bonds is 4. The van der Waals surface area contributed by atoms with E-state index < -0.39 is 10.0 Å². The predicted octanol–water partition coefficient (Wildman–Crippen LogP) is 1.65. The maximum Gasteiger partial charge on any atom is 0.268 e. The monoisotopic (exact) mass is 462 g/mol. The van der Waals surface area contributed by atoms with Gasteiger partial charge in [-0.3, -0.25) is 9.69 Å². The molecule has 164 valence electrons. The minimum absolute atomic E-state index is 0.134. The fraction of sp³-hybridized carbons (Fsp3) is 0.400. The van der Waals surface area contributed by atoms with Gasteiger partial charge in [-0.25, -0.2) is 13.4 Å². The van der Waals surface area contributed by atoms with E-state index in [2.05, 4.69) is 14.9 Å². The maximum absolute atomic E-state index is 13.1. The number of nitrogens with zero attached hydrogens (tertiary/aromatic N) is 3. The number of hydrogen-bond donors (Lipinski definition) is 1. The molecule has 1 saturated heterocycles. The van der Waals surface area contributed by atoms with Crippen LogP contribution in [0.4, 0.5) is 0 Å². The van der Waals surface area contributed by atoms with Gasteiger partial charge in [0.2, 0.25) is 10.0 Å². The lowest BCUT2D eigenvalue weighted by Crippen LogP contribution is -2.48. The SMILES string of the molecule is O=c1[nH]c(CN2CCN(S(=O)(=O)c3ccc4c(c3)OCCCO4)CC2)nc2ccsc12. The minimum Gasteiger partial charge on any atom is -0.490 e. The van der Waals surface area contributed by atoms with E-state index in [1.807, 2.05) is 11.4 Å². The largest absolute Gasteiger partial charge is 0.490 e. The minimum atomic E-state index is -3.63. The predicted molar refractivity (Wildman–Crippen MR) is 116 cm³/mol. The third kappa shape index (κ3) is 4.05. The molecule has 31 heavy (non-hydrogen) atoms. The molecular formula is C20H22N4O5S2. The number of hydrogen-bond acceptors (Lipinski definition) is 8. The van der Waals surface area contributed by atoms with Gasteiger partial charge in [0.15, 0.2) is 11.5 Å². The van der Waals surface area contributed by atoms with E-state index in [1.54, 1.807) is 18.2 Å². The van der Waals surface area contributed by atoms with Gasteiger partial charge in [-0.15, -0.1) is 11.3 Å². The van der Waals surface area contributed by atoms with Crippen LogP contribution in [0, 0.1) is 0 Å². The normalized spacial score (nSPS) is 18.2. The molecule has 0 aliphatic carbocycles. The van der Waals surface area contributed by atoms with Crippen molar-refractivity contribution >= 4 is 31.6 Å². The van der Waals surface area contributed by atoms with Gasteiger partial charge >= 0.3 is 0 Å². The van der Waals surface area contributed by atoms with Gasteiger partial charge in [-0.2, -0.15) is 4.31 Å². The summed E-state index contributed by atoms with van der Waals surface area (Å²) in [6.45, 7) is 3.36. The van der Waals surface area contributed by atoms with Crippen molar-refractivity contribution < 1.29 is 17.9 Å². The molecule has 0 amide bonds. The van der Waals surface area contributed by atoms with E-state index >= 15 is 0 Å². The first-order valence-electron chi connectivity index (χ1n) is 10.1. The van der Waals surface area contributed by atoms with Crippen molar-refractivity contribution in [2.24, 2.45) is 0 Å². The second-order valence-corrected chi connectivity index (χ2v) is 10.3. The Hall–Kier alpha value is -2.47. The van der Waals surface area contributed by atoms with Gasteiger partial charge in [0.1, 0.15) is 10.5 Å². The average Bonchev–Trinajstić information content (AvgIpc) is 3.11. The van der Waals surface area contributed by atoms with Gasteiger partial charge in [0.05, 0.1) is 30.2 Å². The van der Waals surface area contributed by atoms with Crippen LogP contribution in [0.3, 0.4) is 0 Å². The van der Waals surface area contributed by atoms with Crippen LogP contribution >= 0.6 is 11.3 Å². The van der Waals surface area contributed by atoms with Gasteiger partial charge in [-0.1, -0.05) is 0 Å². The zero-order chi connectivity index (χ0) is 21.4. The van der Waals surface area contributed by atoms with Gasteiger partial charge in [0.25, 0.3) is 5.56 Å². The van der Waals surface area contributed by atoms with Crippen molar-refractivity contribution in [3.63, 3.8) is 0 Å². The molecule has 0 bridgehead atoms. The van der Waals surface area contributed by atoms with Crippen LogP contribution in [0.15, 0.2) is 39.3 Å². The molecule has 5 rings (SSSR count). The smallest absolute Gasteiger partial charge is 0.268 e. The van der Waals surface area contributed by atoms with Crippen molar-refractivity contribution in [2.75, 3.05) is 39.4 Å². The Morgan fingerprint density at radius 3 is 2.65 bits per heavy atom. The highest BCUT2D eigenvalue weighted by Crippen LogP contribution is 2.33. The zero-order valence-corrected chi connectivity index (χ0v) is 18.4. The van der Waals surface area contributed by atoms with Crippen LogP contribution in [0.5, 0.6) is 11.5 Å². The summed E-state index contributed by atoms with van der Waals surface area (Å²) in [5.41, 5.74) is 0.560. The van der Waals surface area contributed by atoms with Crippen LogP contribution in [0.2, 0.25) is 0 Å². The molecule has 0 spiro atoms. The number of aromatic amines is 1. The van der Waals surface area contributed by atoms with E-state index in [1.165, 1.54) is 15.6 Å². The topological polar surface area (TPSA) is 105 Å². The zero-order valence-electron chi connectivity index (χ0n) is 16.7. The Morgan fingerprint density at radius 1 is 1.06 bits per heavy atom. The number of thiophene rings is 1. The molecule has 1 N–H and O–H groups in total. The van der Waals surface area contributed by atoms with Gasteiger partial charge in [-0.05, 0) is 23.6 Å². The summed E-state index contributed by atoms with van der Waals surface area (Å²) in [5, 5.41) is 1.85. The fourth-order valence-electron chi connectivity index (χ4n) is 3.79. The Balaban J connectivity index is 1.27. The molecule has 0 saturated carbocycles. The molecule has 9 nitrogen and oxygen atoms in total. The summed E-state index contributed by atoms with van der Waals surface area (Å²) in [6.07, 6.45) is 0.762. The lowest BCUT2D eigenvalue weighted by molar-refractivity contribution is 0.178. The van der Waals surface area contributed by atoms with Crippen LogP contribution in [-0.2, 0) is 16.6 Å². The van der Waals surface area contributed by atoms with Crippen molar-refractivity contribution in [1.82, 2.24) is 19.2 Å². The third-order valence-corrected chi connectivity index (χ3v) is 8.22. The van der Waals surface area contributed by atoms with Crippen LogP contribution in [0.25, 0.3) is 10.2 Å². The van der Waals surface area contributed by atoms with Crippen molar-refractivity contribution in [1.29, 1.82) is 0 Å². The number of nitrogens with one attached hydrogen (secondary N) is 1. The van der Waals surface area contributed by atoms with Crippen molar-refractivity contribution in [3.05, 3.63) is 45.8 Å². The molecule has 2 aromatic heterocycles. The summed E-state index contributed by atoms with van der Waals surface area (Å²) in [6, 6.07) is 6.61. The second kappa shape index (κ2) is 8.23. The maximum atomic E-state index is 13.1. The molecule has 2 aliphatic heterocycles. The Bertz CT molecular complexity index is 1260. The standard InChI is InChI=1S/C20H22N4O5S2/c25-20-19-15(4-11-30-19)21-18(22-20)13-23-5-7-24(8-6-23)31(26,27)14-2-3-16-17(12-14)29-10-1-9-28-16/h2-4,11-12H,1,5-10,13H2,(H,21,22,25).